The Hall–Kier alpha value is -2.10. The van der Waals surface area contributed by atoms with Crippen molar-refractivity contribution in [2.24, 2.45) is 5.92 Å². The number of hydrogen-bond donors (Lipinski definition) is 0. The summed E-state index contributed by atoms with van der Waals surface area (Å²) in [6.07, 6.45) is 10.6. The molecule has 0 bridgehead atoms. The number of nitrogens with zero attached hydrogens (tertiary/aromatic N) is 4. The summed E-state index contributed by atoms with van der Waals surface area (Å²) >= 11 is 0. The lowest BCUT2D eigenvalue weighted by atomic mass is 9.99. The fourth-order valence-electron chi connectivity index (χ4n) is 2.69. The third kappa shape index (κ3) is 3.72. The van der Waals surface area contributed by atoms with Gasteiger partial charge < -0.3 is 4.90 Å². The van der Waals surface area contributed by atoms with Crippen LogP contribution in [0.1, 0.15) is 24.8 Å². The molecule has 0 radical (unpaired) electrons. The topological polar surface area (TPSA) is 34.0 Å². The van der Waals surface area contributed by atoms with E-state index in [1.54, 1.807) is 12.7 Å². The van der Waals surface area contributed by atoms with E-state index in [1.807, 2.05) is 4.68 Å². The number of para-hydroxylation sites is 1. The van der Waals surface area contributed by atoms with E-state index in [-0.39, 0.29) is 0 Å². The van der Waals surface area contributed by atoms with Crippen LogP contribution < -0.4 is 0 Å². The van der Waals surface area contributed by atoms with E-state index >= 15 is 0 Å². The van der Waals surface area contributed by atoms with E-state index < -0.39 is 0 Å². The summed E-state index contributed by atoms with van der Waals surface area (Å²) in [6, 6.07) is 8.44. The van der Waals surface area contributed by atoms with Crippen LogP contribution in [0.25, 0.3) is 5.69 Å². The molecular weight excluding hydrogens is 260 g/mol. The minimum absolute atomic E-state index is 0.898. The number of aromatic nitrogens is 3. The molecule has 0 saturated heterocycles. The summed E-state index contributed by atoms with van der Waals surface area (Å²) in [5.74, 6) is 0.898. The molecule has 4 nitrogen and oxygen atoms in total. The van der Waals surface area contributed by atoms with Gasteiger partial charge in [-0.3, -0.25) is 0 Å². The molecule has 0 unspecified atom stereocenters. The van der Waals surface area contributed by atoms with E-state index in [1.165, 1.54) is 30.4 Å². The zero-order valence-electron chi connectivity index (χ0n) is 12.7. The molecular formula is C17H22N4. The van der Waals surface area contributed by atoms with E-state index in [4.69, 9.17) is 0 Å². The molecule has 0 N–H and O–H groups in total. The Kier molecular flexibility index (Phi) is 4.04. The summed E-state index contributed by atoms with van der Waals surface area (Å²) < 4.78 is 1.85. The molecule has 1 heterocycles. The summed E-state index contributed by atoms with van der Waals surface area (Å²) in [4.78, 5) is 6.20. The zero-order valence-corrected chi connectivity index (χ0v) is 12.7. The summed E-state index contributed by atoms with van der Waals surface area (Å²) in [6.45, 7) is 0. The lowest BCUT2D eigenvalue weighted by molar-refractivity contribution is 0.550. The van der Waals surface area contributed by atoms with Crippen LogP contribution in [0.15, 0.2) is 48.7 Å². The maximum absolute atomic E-state index is 4.26. The van der Waals surface area contributed by atoms with E-state index in [9.17, 15) is 0 Å². The molecule has 0 spiro atoms. The molecule has 1 aromatic carbocycles. The molecule has 2 aromatic rings. The second-order valence-electron chi connectivity index (χ2n) is 6.04. The highest BCUT2D eigenvalue weighted by molar-refractivity contribution is 5.42. The van der Waals surface area contributed by atoms with Gasteiger partial charge in [-0.05, 0) is 55.0 Å². The second-order valence-corrected chi connectivity index (χ2v) is 6.04. The van der Waals surface area contributed by atoms with Crippen molar-refractivity contribution < 1.29 is 0 Å². The lowest BCUT2D eigenvalue weighted by Gasteiger charge is -2.14. The SMILES string of the molecule is CN(C)C=C(Cc1ccccc1-n1cncn1)CC1CC1. The average molecular weight is 282 g/mol. The van der Waals surface area contributed by atoms with Gasteiger partial charge in [0.15, 0.2) is 0 Å². The van der Waals surface area contributed by atoms with Crippen LogP contribution in [0.2, 0.25) is 0 Å². The number of benzene rings is 1. The van der Waals surface area contributed by atoms with Crippen molar-refractivity contribution in [3.8, 4) is 5.69 Å². The van der Waals surface area contributed by atoms with Crippen molar-refractivity contribution in [3.05, 3.63) is 54.3 Å². The molecule has 0 aliphatic heterocycles. The molecule has 1 aliphatic carbocycles. The first kappa shape index (κ1) is 13.9. The van der Waals surface area contributed by atoms with Crippen molar-refractivity contribution in [3.63, 3.8) is 0 Å². The average Bonchev–Trinajstić information content (AvgIpc) is 3.10. The minimum atomic E-state index is 0.898. The van der Waals surface area contributed by atoms with Gasteiger partial charge >= 0.3 is 0 Å². The van der Waals surface area contributed by atoms with Gasteiger partial charge in [0.2, 0.25) is 0 Å². The maximum atomic E-state index is 4.26. The fourth-order valence-corrected chi connectivity index (χ4v) is 2.69. The first-order valence-corrected chi connectivity index (χ1v) is 7.51. The lowest BCUT2D eigenvalue weighted by Crippen LogP contribution is -2.07. The first-order valence-electron chi connectivity index (χ1n) is 7.51. The number of rotatable bonds is 6. The van der Waals surface area contributed by atoms with Crippen LogP contribution in [0.5, 0.6) is 0 Å². The second kappa shape index (κ2) is 6.12. The standard InChI is InChI=1S/C17H22N4/c1-20(2)11-15(9-14-7-8-14)10-16-5-3-4-6-17(16)21-13-18-12-19-21/h3-6,11-14H,7-10H2,1-2H3. The van der Waals surface area contributed by atoms with Crippen LogP contribution in [0.3, 0.4) is 0 Å². The quantitative estimate of drug-likeness (QED) is 0.816. The van der Waals surface area contributed by atoms with Gasteiger partial charge in [-0.25, -0.2) is 9.67 Å². The molecule has 4 heteroatoms. The van der Waals surface area contributed by atoms with Crippen molar-refractivity contribution in [2.75, 3.05) is 14.1 Å². The molecule has 1 saturated carbocycles. The van der Waals surface area contributed by atoms with Gasteiger partial charge in [0.05, 0.1) is 5.69 Å². The molecule has 0 amide bonds. The summed E-state index contributed by atoms with van der Waals surface area (Å²) in [5, 5.41) is 4.26. The Balaban J connectivity index is 1.85. The Morgan fingerprint density at radius 1 is 1.33 bits per heavy atom. The van der Waals surface area contributed by atoms with Gasteiger partial charge in [0, 0.05) is 14.1 Å². The van der Waals surface area contributed by atoms with Gasteiger partial charge in [-0.2, -0.15) is 5.10 Å². The van der Waals surface area contributed by atoms with Crippen LogP contribution in [-0.2, 0) is 6.42 Å². The highest BCUT2D eigenvalue weighted by Crippen LogP contribution is 2.36. The molecule has 0 atom stereocenters. The largest absolute Gasteiger partial charge is 0.384 e. The number of hydrogen-bond acceptors (Lipinski definition) is 3. The Labute approximate surface area is 126 Å². The van der Waals surface area contributed by atoms with Crippen molar-refractivity contribution >= 4 is 0 Å². The molecule has 1 aromatic heterocycles. The van der Waals surface area contributed by atoms with Crippen LogP contribution >= 0.6 is 0 Å². The Morgan fingerprint density at radius 2 is 2.14 bits per heavy atom. The third-order valence-corrected chi connectivity index (χ3v) is 3.76. The monoisotopic (exact) mass is 282 g/mol. The fraction of sp³-hybridized carbons (Fsp3) is 0.412. The van der Waals surface area contributed by atoms with Gasteiger partial charge in [0.25, 0.3) is 0 Å². The predicted octanol–water partition coefficient (Wildman–Crippen LogP) is 3.06. The minimum Gasteiger partial charge on any atom is -0.384 e. The molecule has 21 heavy (non-hydrogen) atoms. The van der Waals surface area contributed by atoms with E-state index in [0.717, 1.165) is 18.0 Å². The summed E-state index contributed by atoms with van der Waals surface area (Å²) in [7, 11) is 4.19. The van der Waals surface area contributed by atoms with Crippen LogP contribution in [0.4, 0.5) is 0 Å². The van der Waals surface area contributed by atoms with Crippen LogP contribution in [0, 0.1) is 5.92 Å². The highest BCUT2D eigenvalue weighted by atomic mass is 15.3. The molecule has 1 fully saturated rings. The number of allylic oxidation sites excluding steroid dienone is 1. The van der Waals surface area contributed by atoms with E-state index in [0.29, 0.717) is 0 Å². The van der Waals surface area contributed by atoms with Crippen molar-refractivity contribution in [2.45, 2.75) is 25.7 Å². The Bertz CT molecular complexity index is 609. The van der Waals surface area contributed by atoms with Gasteiger partial charge in [-0.15, -0.1) is 0 Å². The van der Waals surface area contributed by atoms with Gasteiger partial charge in [0.1, 0.15) is 12.7 Å². The van der Waals surface area contributed by atoms with Crippen molar-refractivity contribution in [1.82, 2.24) is 19.7 Å². The molecule has 3 rings (SSSR count). The van der Waals surface area contributed by atoms with Crippen LogP contribution in [-0.4, -0.2) is 33.8 Å². The molecule has 110 valence electrons. The van der Waals surface area contributed by atoms with Gasteiger partial charge in [-0.1, -0.05) is 18.2 Å². The van der Waals surface area contributed by atoms with Crippen molar-refractivity contribution in [1.29, 1.82) is 0 Å². The predicted molar refractivity (Wildman–Crippen MR) is 84.2 cm³/mol. The Morgan fingerprint density at radius 3 is 2.81 bits per heavy atom. The maximum Gasteiger partial charge on any atom is 0.138 e. The smallest absolute Gasteiger partial charge is 0.138 e. The first-order chi connectivity index (χ1) is 10.2. The third-order valence-electron chi connectivity index (χ3n) is 3.76. The summed E-state index contributed by atoms with van der Waals surface area (Å²) in [5.41, 5.74) is 3.92. The van der Waals surface area contributed by atoms with E-state index in [2.05, 4.69) is 59.5 Å². The zero-order chi connectivity index (χ0) is 14.7. The molecule has 1 aliphatic rings. The highest BCUT2D eigenvalue weighted by Gasteiger charge is 2.23. The normalized spacial score (nSPS) is 15.2.